The molecule has 0 spiro atoms. The highest BCUT2D eigenvalue weighted by atomic mass is 16.5. The standard InChI is InChI=1S/C9H14O2/c1-3-4-5-6-7-8-11-9(2)10/h3-5H,1,6-8H2,2H3/b5-4+. The lowest BCUT2D eigenvalue weighted by atomic mass is 10.3. The summed E-state index contributed by atoms with van der Waals surface area (Å²) >= 11 is 0. The van der Waals surface area contributed by atoms with Gasteiger partial charge in [0.25, 0.3) is 0 Å². The van der Waals surface area contributed by atoms with E-state index in [-0.39, 0.29) is 5.97 Å². The van der Waals surface area contributed by atoms with Crippen molar-refractivity contribution < 1.29 is 9.53 Å². The van der Waals surface area contributed by atoms with Gasteiger partial charge in [0, 0.05) is 6.92 Å². The molecule has 0 heterocycles. The number of ether oxygens (including phenoxy) is 1. The second-order valence-corrected chi connectivity index (χ2v) is 2.15. The molecule has 0 atom stereocenters. The number of allylic oxidation sites excluding steroid dienone is 3. The van der Waals surface area contributed by atoms with Crippen molar-refractivity contribution in [1.29, 1.82) is 0 Å². The minimum atomic E-state index is -0.210. The van der Waals surface area contributed by atoms with Gasteiger partial charge in [-0.05, 0) is 12.8 Å². The molecule has 0 fully saturated rings. The van der Waals surface area contributed by atoms with E-state index in [2.05, 4.69) is 6.58 Å². The van der Waals surface area contributed by atoms with Crippen molar-refractivity contribution in [2.45, 2.75) is 19.8 Å². The van der Waals surface area contributed by atoms with E-state index in [4.69, 9.17) is 4.74 Å². The Balaban J connectivity index is 3.08. The molecule has 0 rings (SSSR count). The summed E-state index contributed by atoms with van der Waals surface area (Å²) in [6.07, 6.45) is 7.42. The third-order valence-corrected chi connectivity index (χ3v) is 1.09. The summed E-state index contributed by atoms with van der Waals surface area (Å²) in [4.78, 5) is 10.3. The summed E-state index contributed by atoms with van der Waals surface area (Å²) in [5, 5.41) is 0. The second kappa shape index (κ2) is 7.06. The van der Waals surface area contributed by atoms with Crippen LogP contribution in [0.25, 0.3) is 0 Å². The first kappa shape index (κ1) is 9.95. The SMILES string of the molecule is C=C/C=C/CCCOC(C)=O. The van der Waals surface area contributed by atoms with Crippen LogP contribution in [0.3, 0.4) is 0 Å². The van der Waals surface area contributed by atoms with Gasteiger partial charge in [0.1, 0.15) is 0 Å². The minimum absolute atomic E-state index is 0.210. The van der Waals surface area contributed by atoms with E-state index in [9.17, 15) is 4.79 Å². The monoisotopic (exact) mass is 154 g/mol. The molecule has 0 amide bonds. The van der Waals surface area contributed by atoms with Crippen LogP contribution in [0.1, 0.15) is 19.8 Å². The van der Waals surface area contributed by atoms with Crippen molar-refractivity contribution in [1.82, 2.24) is 0 Å². The highest BCUT2D eigenvalue weighted by Gasteiger charge is 1.89. The highest BCUT2D eigenvalue weighted by molar-refractivity contribution is 5.65. The first-order chi connectivity index (χ1) is 5.27. The molecule has 0 aliphatic heterocycles. The van der Waals surface area contributed by atoms with E-state index < -0.39 is 0 Å². The van der Waals surface area contributed by atoms with Crippen LogP contribution in [-0.4, -0.2) is 12.6 Å². The number of unbranched alkanes of at least 4 members (excludes halogenated alkanes) is 1. The van der Waals surface area contributed by atoms with Crippen LogP contribution >= 0.6 is 0 Å². The lowest BCUT2D eigenvalue weighted by molar-refractivity contribution is -0.141. The lowest BCUT2D eigenvalue weighted by Gasteiger charge is -1.97. The maximum absolute atomic E-state index is 10.3. The maximum Gasteiger partial charge on any atom is 0.302 e. The van der Waals surface area contributed by atoms with E-state index in [1.165, 1.54) is 6.92 Å². The van der Waals surface area contributed by atoms with Gasteiger partial charge in [-0.2, -0.15) is 0 Å². The zero-order valence-electron chi connectivity index (χ0n) is 6.88. The highest BCUT2D eigenvalue weighted by Crippen LogP contribution is 1.92. The molecule has 0 aliphatic rings. The van der Waals surface area contributed by atoms with E-state index in [1.54, 1.807) is 6.08 Å². The van der Waals surface area contributed by atoms with Crippen molar-refractivity contribution in [2.24, 2.45) is 0 Å². The number of hydrogen-bond donors (Lipinski definition) is 0. The molecular weight excluding hydrogens is 140 g/mol. The van der Waals surface area contributed by atoms with E-state index in [1.807, 2.05) is 12.2 Å². The Morgan fingerprint density at radius 3 is 2.91 bits per heavy atom. The summed E-state index contributed by atoms with van der Waals surface area (Å²) in [5.74, 6) is -0.210. The number of rotatable bonds is 5. The number of hydrogen-bond acceptors (Lipinski definition) is 2. The molecular formula is C9H14O2. The fourth-order valence-corrected chi connectivity index (χ4v) is 0.610. The molecule has 2 heteroatoms. The lowest BCUT2D eigenvalue weighted by Crippen LogP contribution is -1.99. The Morgan fingerprint density at radius 1 is 1.64 bits per heavy atom. The van der Waals surface area contributed by atoms with E-state index >= 15 is 0 Å². The predicted molar refractivity (Wildman–Crippen MR) is 45.2 cm³/mol. The van der Waals surface area contributed by atoms with Crippen LogP contribution in [0.2, 0.25) is 0 Å². The fourth-order valence-electron chi connectivity index (χ4n) is 0.610. The van der Waals surface area contributed by atoms with Crippen LogP contribution in [0.4, 0.5) is 0 Å². The Labute approximate surface area is 67.6 Å². The second-order valence-electron chi connectivity index (χ2n) is 2.15. The molecule has 0 aromatic rings. The molecule has 0 unspecified atom stereocenters. The van der Waals surface area contributed by atoms with Gasteiger partial charge >= 0.3 is 5.97 Å². The first-order valence-corrected chi connectivity index (χ1v) is 3.68. The molecule has 0 aromatic carbocycles. The summed E-state index contributed by atoms with van der Waals surface area (Å²) in [5.41, 5.74) is 0. The largest absolute Gasteiger partial charge is 0.466 e. The number of carbonyl (C=O) groups excluding carboxylic acids is 1. The molecule has 0 saturated heterocycles. The van der Waals surface area contributed by atoms with Crippen molar-refractivity contribution in [2.75, 3.05) is 6.61 Å². The molecule has 0 saturated carbocycles. The van der Waals surface area contributed by atoms with Crippen LogP contribution < -0.4 is 0 Å². The average molecular weight is 154 g/mol. The minimum Gasteiger partial charge on any atom is -0.466 e. The predicted octanol–water partition coefficient (Wildman–Crippen LogP) is 2.07. The van der Waals surface area contributed by atoms with Gasteiger partial charge in [-0.15, -0.1) is 0 Å². The normalized spacial score (nSPS) is 9.91. The Morgan fingerprint density at radius 2 is 2.36 bits per heavy atom. The van der Waals surface area contributed by atoms with Crippen LogP contribution in [0.15, 0.2) is 24.8 Å². The summed E-state index contributed by atoms with van der Waals surface area (Å²) in [7, 11) is 0. The van der Waals surface area contributed by atoms with Gasteiger partial charge in [-0.3, -0.25) is 4.79 Å². The maximum atomic E-state index is 10.3. The molecule has 0 aromatic heterocycles. The Hall–Kier alpha value is -1.05. The molecule has 2 nitrogen and oxygen atoms in total. The van der Waals surface area contributed by atoms with Gasteiger partial charge < -0.3 is 4.74 Å². The van der Waals surface area contributed by atoms with Crippen LogP contribution in [0, 0.1) is 0 Å². The van der Waals surface area contributed by atoms with Crippen molar-refractivity contribution in [3.05, 3.63) is 24.8 Å². The summed E-state index contributed by atoms with van der Waals surface area (Å²) in [6, 6.07) is 0. The van der Waals surface area contributed by atoms with E-state index in [0.29, 0.717) is 6.61 Å². The number of carbonyl (C=O) groups is 1. The van der Waals surface area contributed by atoms with Gasteiger partial charge in [0.2, 0.25) is 0 Å². The van der Waals surface area contributed by atoms with Gasteiger partial charge in [0.15, 0.2) is 0 Å². The Bertz CT molecular complexity index is 148. The van der Waals surface area contributed by atoms with Crippen LogP contribution in [0.5, 0.6) is 0 Å². The zero-order valence-corrected chi connectivity index (χ0v) is 6.88. The van der Waals surface area contributed by atoms with Gasteiger partial charge in [-0.1, -0.05) is 24.8 Å². The smallest absolute Gasteiger partial charge is 0.302 e. The fraction of sp³-hybridized carbons (Fsp3) is 0.444. The third-order valence-electron chi connectivity index (χ3n) is 1.09. The van der Waals surface area contributed by atoms with Crippen molar-refractivity contribution in [3.63, 3.8) is 0 Å². The first-order valence-electron chi connectivity index (χ1n) is 3.68. The quantitative estimate of drug-likeness (QED) is 0.344. The molecule has 0 N–H and O–H groups in total. The molecule has 0 radical (unpaired) electrons. The number of esters is 1. The van der Waals surface area contributed by atoms with Gasteiger partial charge in [-0.25, -0.2) is 0 Å². The summed E-state index contributed by atoms with van der Waals surface area (Å²) < 4.78 is 4.72. The average Bonchev–Trinajstić information content (AvgIpc) is 1.96. The van der Waals surface area contributed by atoms with Crippen LogP contribution in [-0.2, 0) is 9.53 Å². The van der Waals surface area contributed by atoms with Crippen molar-refractivity contribution in [3.8, 4) is 0 Å². The molecule has 0 aliphatic carbocycles. The van der Waals surface area contributed by atoms with E-state index in [0.717, 1.165) is 12.8 Å². The third kappa shape index (κ3) is 8.95. The van der Waals surface area contributed by atoms with Crippen molar-refractivity contribution >= 4 is 5.97 Å². The van der Waals surface area contributed by atoms with Gasteiger partial charge in [0.05, 0.1) is 6.61 Å². The topological polar surface area (TPSA) is 26.3 Å². The zero-order chi connectivity index (χ0) is 8.53. The molecule has 11 heavy (non-hydrogen) atoms. The molecule has 0 bridgehead atoms. The Kier molecular flexibility index (Phi) is 6.39. The summed E-state index contributed by atoms with van der Waals surface area (Å²) in [6.45, 7) is 5.46. The molecule has 62 valence electrons.